The summed E-state index contributed by atoms with van der Waals surface area (Å²) in [5.41, 5.74) is -1.33. The molecule has 2 aromatic rings. The quantitative estimate of drug-likeness (QED) is 0.290. The first-order valence-electron chi connectivity index (χ1n) is 16.6. The summed E-state index contributed by atoms with van der Waals surface area (Å²) in [6, 6.07) is 12.3. The number of benzene rings is 2. The minimum atomic E-state index is -1.19. The fraction of sp³-hybridized carbons (Fsp3) is 0.541. The fourth-order valence-electron chi connectivity index (χ4n) is 8.34. The standard InChI is InChI=1S/C37H49N3O5/c1-7-20-38(21-8-2)33(42)30-31-34(43)40(29(24-41)25(6)10-4)32(37(31)19-18-36(30,11-5)45-37)35(44)39(22-9-3)28-17-16-26-14-12-13-15-27(26)23-28/h7,9,12-17,23,25,29-32,41H,1,3,8,10-11,18-22,24H2,2,4-6H3/t25-,29-,30+,31-,32?,36-,37?/m0/s1. The van der Waals surface area contributed by atoms with Gasteiger partial charge in [0.25, 0.3) is 5.91 Å². The Bertz CT molecular complexity index is 1460. The Morgan fingerprint density at radius 2 is 1.78 bits per heavy atom. The van der Waals surface area contributed by atoms with Gasteiger partial charge in [-0.3, -0.25) is 14.4 Å². The van der Waals surface area contributed by atoms with Crippen molar-refractivity contribution in [1.82, 2.24) is 9.80 Å². The van der Waals surface area contributed by atoms with E-state index in [1.807, 2.05) is 70.2 Å². The molecule has 3 fully saturated rings. The molecule has 2 unspecified atom stereocenters. The molecule has 3 aliphatic rings. The highest BCUT2D eigenvalue weighted by atomic mass is 16.5. The second-order valence-electron chi connectivity index (χ2n) is 13.1. The Balaban J connectivity index is 1.66. The van der Waals surface area contributed by atoms with E-state index in [2.05, 4.69) is 13.2 Å². The van der Waals surface area contributed by atoms with Gasteiger partial charge in [0.1, 0.15) is 11.6 Å². The second-order valence-corrected chi connectivity index (χ2v) is 13.1. The van der Waals surface area contributed by atoms with Gasteiger partial charge in [0.2, 0.25) is 11.8 Å². The lowest BCUT2D eigenvalue weighted by Gasteiger charge is -2.41. The van der Waals surface area contributed by atoms with Crippen molar-refractivity contribution in [2.75, 3.05) is 31.1 Å². The molecule has 2 bridgehead atoms. The van der Waals surface area contributed by atoms with E-state index >= 15 is 4.79 Å². The van der Waals surface area contributed by atoms with Crippen LogP contribution in [0.1, 0.15) is 59.8 Å². The third-order valence-electron chi connectivity index (χ3n) is 10.7. The molecule has 2 aromatic carbocycles. The van der Waals surface area contributed by atoms with E-state index in [4.69, 9.17) is 4.74 Å². The van der Waals surface area contributed by atoms with Crippen LogP contribution in [-0.2, 0) is 19.1 Å². The summed E-state index contributed by atoms with van der Waals surface area (Å²) < 4.78 is 7.05. The van der Waals surface area contributed by atoms with Crippen LogP contribution in [0.15, 0.2) is 67.8 Å². The zero-order valence-corrected chi connectivity index (χ0v) is 27.3. The Kier molecular flexibility index (Phi) is 9.57. The number of anilines is 1. The predicted octanol–water partition coefficient (Wildman–Crippen LogP) is 5.35. The van der Waals surface area contributed by atoms with Crippen LogP contribution in [0.3, 0.4) is 0 Å². The van der Waals surface area contributed by atoms with Crippen LogP contribution >= 0.6 is 0 Å². The molecule has 3 amide bonds. The first kappa shape index (κ1) is 32.9. The Labute approximate surface area is 267 Å². The maximum absolute atomic E-state index is 15.1. The summed E-state index contributed by atoms with van der Waals surface area (Å²) in [4.78, 5) is 49.5. The van der Waals surface area contributed by atoms with Crippen molar-refractivity contribution < 1.29 is 24.2 Å². The van der Waals surface area contributed by atoms with Crippen molar-refractivity contribution in [1.29, 1.82) is 0 Å². The van der Waals surface area contributed by atoms with Crippen molar-refractivity contribution in [3.05, 3.63) is 67.8 Å². The van der Waals surface area contributed by atoms with Crippen molar-refractivity contribution in [3.8, 4) is 0 Å². The number of carbonyl (C=O) groups is 3. The van der Waals surface area contributed by atoms with Crippen LogP contribution in [0.2, 0.25) is 0 Å². The lowest BCUT2D eigenvalue weighted by molar-refractivity contribution is -0.154. The largest absolute Gasteiger partial charge is 0.394 e. The number of rotatable bonds is 14. The fourth-order valence-corrected chi connectivity index (χ4v) is 8.34. The first-order chi connectivity index (χ1) is 21.7. The molecule has 7 atom stereocenters. The van der Waals surface area contributed by atoms with Crippen molar-refractivity contribution in [2.45, 2.75) is 83.1 Å². The molecule has 0 saturated carbocycles. The predicted molar refractivity (Wildman–Crippen MR) is 178 cm³/mol. The van der Waals surface area contributed by atoms with Crippen LogP contribution in [0.4, 0.5) is 5.69 Å². The molecule has 8 nitrogen and oxygen atoms in total. The summed E-state index contributed by atoms with van der Waals surface area (Å²) in [5.74, 6) is -2.29. The summed E-state index contributed by atoms with van der Waals surface area (Å²) in [5, 5.41) is 12.8. The number of carbonyl (C=O) groups excluding carboxylic acids is 3. The van der Waals surface area contributed by atoms with Gasteiger partial charge in [-0.25, -0.2) is 0 Å². The van der Waals surface area contributed by atoms with Gasteiger partial charge in [-0.2, -0.15) is 0 Å². The Hall–Kier alpha value is -3.49. The van der Waals surface area contributed by atoms with Crippen molar-refractivity contribution in [2.24, 2.45) is 17.8 Å². The highest BCUT2D eigenvalue weighted by Gasteiger charge is 2.79. The van der Waals surface area contributed by atoms with Gasteiger partial charge < -0.3 is 24.5 Å². The lowest BCUT2D eigenvalue weighted by Crippen LogP contribution is -2.60. The summed E-state index contributed by atoms with van der Waals surface area (Å²) >= 11 is 0. The molecule has 8 heteroatoms. The molecular weight excluding hydrogens is 566 g/mol. The molecule has 3 saturated heterocycles. The van der Waals surface area contributed by atoms with Crippen LogP contribution in [0.25, 0.3) is 10.8 Å². The molecule has 0 radical (unpaired) electrons. The lowest BCUT2D eigenvalue weighted by atomic mass is 9.64. The third kappa shape index (κ3) is 5.20. The van der Waals surface area contributed by atoms with Gasteiger partial charge in [0.05, 0.1) is 30.1 Å². The van der Waals surface area contributed by atoms with Crippen LogP contribution in [0, 0.1) is 17.8 Å². The number of nitrogens with zero attached hydrogens (tertiary/aromatic N) is 3. The van der Waals surface area contributed by atoms with Crippen LogP contribution in [0.5, 0.6) is 0 Å². The normalized spacial score (nSPS) is 28.2. The summed E-state index contributed by atoms with van der Waals surface area (Å²) in [7, 11) is 0. The van der Waals surface area contributed by atoms with Gasteiger partial charge >= 0.3 is 0 Å². The van der Waals surface area contributed by atoms with Gasteiger partial charge in [-0.05, 0) is 54.5 Å². The van der Waals surface area contributed by atoms with Gasteiger partial charge in [0.15, 0.2) is 0 Å². The van der Waals surface area contributed by atoms with E-state index in [-0.39, 0.29) is 36.8 Å². The molecule has 1 spiro atoms. The molecule has 45 heavy (non-hydrogen) atoms. The number of hydrogen-bond acceptors (Lipinski definition) is 5. The maximum Gasteiger partial charge on any atom is 0.253 e. The zero-order chi connectivity index (χ0) is 32.5. The average Bonchev–Trinajstić information content (AvgIpc) is 3.66. The highest BCUT2D eigenvalue weighted by Crippen LogP contribution is 2.65. The number of aliphatic hydroxyl groups is 1. The summed E-state index contributed by atoms with van der Waals surface area (Å²) in [6.07, 6.45) is 6.51. The van der Waals surface area contributed by atoms with E-state index < -0.39 is 35.1 Å². The molecule has 0 aromatic heterocycles. The Morgan fingerprint density at radius 3 is 2.40 bits per heavy atom. The molecule has 242 valence electrons. The number of aliphatic hydroxyl groups excluding tert-OH is 1. The molecule has 0 aliphatic carbocycles. The number of ether oxygens (including phenoxy) is 1. The molecular formula is C37H49N3O5. The SMILES string of the molecule is C=CCN(CCC)C(=O)[C@H]1[C@H]2C(=O)N([C@@H](CO)[C@@H](C)CC)C(C(=O)N(CC=C)c3ccc4ccccc4c3)C23CC[C@]1(CC)O3. The average molecular weight is 616 g/mol. The topological polar surface area (TPSA) is 90.4 Å². The number of likely N-dealkylation sites (tertiary alicyclic amines) is 1. The monoisotopic (exact) mass is 615 g/mol. The van der Waals surface area contributed by atoms with Crippen molar-refractivity contribution >= 4 is 34.2 Å². The first-order valence-corrected chi connectivity index (χ1v) is 16.6. The third-order valence-corrected chi connectivity index (χ3v) is 10.7. The van der Waals surface area contributed by atoms with E-state index in [1.165, 1.54) is 0 Å². The smallest absolute Gasteiger partial charge is 0.253 e. The van der Waals surface area contributed by atoms with E-state index in [9.17, 15) is 14.7 Å². The summed E-state index contributed by atoms with van der Waals surface area (Å²) in [6.45, 7) is 16.7. The van der Waals surface area contributed by atoms with Crippen LogP contribution < -0.4 is 4.90 Å². The van der Waals surface area contributed by atoms with Crippen molar-refractivity contribution in [3.63, 3.8) is 0 Å². The minimum Gasteiger partial charge on any atom is -0.394 e. The molecule has 3 heterocycles. The maximum atomic E-state index is 15.1. The molecule has 1 N–H and O–H groups in total. The zero-order valence-electron chi connectivity index (χ0n) is 27.3. The van der Waals surface area contributed by atoms with Gasteiger partial charge in [-0.1, -0.05) is 76.6 Å². The molecule has 3 aliphatic heterocycles. The number of fused-ring (bicyclic) bond motifs is 2. The number of hydrogen-bond donors (Lipinski definition) is 1. The number of amides is 3. The second kappa shape index (κ2) is 13.1. The van der Waals surface area contributed by atoms with Gasteiger partial charge in [0, 0.05) is 25.3 Å². The van der Waals surface area contributed by atoms with E-state index in [0.717, 1.165) is 17.2 Å². The Morgan fingerprint density at radius 1 is 1.07 bits per heavy atom. The van der Waals surface area contributed by atoms with E-state index in [0.29, 0.717) is 44.5 Å². The van der Waals surface area contributed by atoms with E-state index in [1.54, 1.807) is 26.9 Å². The minimum absolute atomic E-state index is 0.0816. The molecule has 5 rings (SSSR count). The highest BCUT2D eigenvalue weighted by molar-refractivity contribution is 6.06. The van der Waals surface area contributed by atoms with Gasteiger partial charge in [-0.15, -0.1) is 13.2 Å². The van der Waals surface area contributed by atoms with Crippen LogP contribution in [-0.4, -0.2) is 82.2 Å².